The van der Waals surface area contributed by atoms with Crippen LogP contribution in [0.5, 0.6) is 5.75 Å². The number of rotatable bonds is 11. The van der Waals surface area contributed by atoms with Crippen LogP contribution in [-0.2, 0) is 19.6 Å². The molecule has 0 radical (unpaired) electrons. The smallest absolute Gasteiger partial charge is 0.233 e. The molecule has 1 heterocycles. The number of unbranched alkanes of at least 4 members (excludes halogenated alkanes) is 1. The molecule has 0 spiro atoms. The Morgan fingerprint density at radius 1 is 1.27 bits per heavy atom. The molecule has 1 aliphatic heterocycles. The second-order valence-corrected chi connectivity index (χ2v) is 9.76. The molecule has 2 atom stereocenters. The molecule has 8 heteroatoms. The average Bonchev–Trinajstić information content (AvgIpc) is 3.52. The molecular weight excluding hydrogens is 404 g/mol. The highest BCUT2D eigenvalue weighted by Gasteiger charge is 2.25. The van der Waals surface area contributed by atoms with Gasteiger partial charge in [0.2, 0.25) is 21.8 Å². The number of piperidine rings is 1. The summed E-state index contributed by atoms with van der Waals surface area (Å²) in [7, 11) is -3.58. The van der Waals surface area contributed by atoms with Crippen molar-refractivity contribution in [2.75, 3.05) is 6.61 Å². The molecule has 164 valence electrons. The molecule has 2 aliphatic rings. The Hall–Kier alpha value is -2.19. The van der Waals surface area contributed by atoms with E-state index in [2.05, 4.69) is 10.0 Å². The van der Waals surface area contributed by atoms with Gasteiger partial charge in [-0.2, -0.15) is 0 Å². The summed E-state index contributed by atoms with van der Waals surface area (Å²) in [6, 6.07) is 7.12. The van der Waals surface area contributed by atoms with Gasteiger partial charge in [-0.1, -0.05) is 18.2 Å². The van der Waals surface area contributed by atoms with Crippen LogP contribution in [0.4, 0.5) is 0 Å². The Morgan fingerprint density at radius 2 is 2.07 bits per heavy atom. The largest absolute Gasteiger partial charge is 0.493 e. The minimum Gasteiger partial charge on any atom is -0.493 e. The summed E-state index contributed by atoms with van der Waals surface area (Å²) >= 11 is 0. The Labute approximate surface area is 178 Å². The van der Waals surface area contributed by atoms with E-state index in [-0.39, 0.29) is 23.8 Å². The number of imide groups is 1. The maximum absolute atomic E-state index is 12.3. The van der Waals surface area contributed by atoms with Gasteiger partial charge in [0, 0.05) is 23.8 Å². The number of carbonyl (C=O) groups is 2. The van der Waals surface area contributed by atoms with Crippen molar-refractivity contribution >= 4 is 21.8 Å². The number of sulfonamides is 1. The zero-order chi connectivity index (χ0) is 21.6. The van der Waals surface area contributed by atoms with Crippen molar-refractivity contribution in [2.24, 2.45) is 11.8 Å². The van der Waals surface area contributed by atoms with Gasteiger partial charge in [-0.15, -0.1) is 0 Å². The molecule has 2 fully saturated rings. The summed E-state index contributed by atoms with van der Waals surface area (Å²) < 4.78 is 33.1. The summed E-state index contributed by atoms with van der Waals surface area (Å²) in [6.45, 7) is 2.51. The van der Waals surface area contributed by atoms with Gasteiger partial charge < -0.3 is 4.74 Å². The van der Waals surface area contributed by atoms with Gasteiger partial charge >= 0.3 is 0 Å². The van der Waals surface area contributed by atoms with E-state index in [1.165, 1.54) is 18.2 Å². The van der Waals surface area contributed by atoms with Crippen LogP contribution in [0.2, 0.25) is 0 Å². The fraction of sp³-hybridized carbons (Fsp3) is 0.545. The number of ether oxygens (including phenoxy) is 1. The van der Waals surface area contributed by atoms with Gasteiger partial charge in [-0.25, -0.2) is 13.1 Å². The molecule has 30 heavy (non-hydrogen) atoms. The second-order valence-electron chi connectivity index (χ2n) is 8.16. The van der Waals surface area contributed by atoms with E-state index < -0.39 is 10.0 Å². The molecule has 1 saturated heterocycles. The van der Waals surface area contributed by atoms with Gasteiger partial charge in [0.05, 0.1) is 6.61 Å². The molecule has 1 aromatic rings. The predicted octanol–water partition coefficient (Wildman–Crippen LogP) is 3.19. The van der Waals surface area contributed by atoms with Crippen molar-refractivity contribution in [1.82, 2.24) is 10.0 Å². The van der Waals surface area contributed by atoms with Gasteiger partial charge in [0.15, 0.2) is 0 Å². The summed E-state index contributed by atoms with van der Waals surface area (Å²) in [5.41, 5.74) is 0.845. The Morgan fingerprint density at radius 3 is 2.80 bits per heavy atom. The second kappa shape index (κ2) is 10.2. The van der Waals surface area contributed by atoms with E-state index in [0.29, 0.717) is 44.6 Å². The zero-order valence-corrected chi connectivity index (χ0v) is 18.1. The molecule has 1 aliphatic carbocycles. The third-order valence-electron chi connectivity index (χ3n) is 5.43. The highest BCUT2D eigenvalue weighted by atomic mass is 32.2. The van der Waals surface area contributed by atoms with Crippen LogP contribution in [0.15, 0.2) is 35.7 Å². The predicted molar refractivity (Wildman–Crippen MR) is 114 cm³/mol. The first kappa shape index (κ1) is 22.5. The highest BCUT2D eigenvalue weighted by Crippen LogP contribution is 2.30. The van der Waals surface area contributed by atoms with Gasteiger partial charge in [0.25, 0.3) is 0 Å². The first-order valence-electron chi connectivity index (χ1n) is 10.6. The quantitative estimate of drug-likeness (QED) is 0.411. The number of hydrogen-bond donors (Lipinski definition) is 2. The molecule has 3 rings (SSSR count). The number of nitrogens with one attached hydrogen (secondary N) is 2. The topological polar surface area (TPSA) is 102 Å². The van der Waals surface area contributed by atoms with Crippen LogP contribution in [-0.4, -0.2) is 26.8 Å². The maximum Gasteiger partial charge on any atom is 0.233 e. The van der Waals surface area contributed by atoms with Gasteiger partial charge in [-0.3, -0.25) is 14.9 Å². The molecule has 7 nitrogen and oxygen atoms in total. The van der Waals surface area contributed by atoms with E-state index >= 15 is 0 Å². The Balaban J connectivity index is 1.43. The average molecular weight is 435 g/mol. The molecule has 1 saturated carbocycles. The lowest BCUT2D eigenvalue weighted by molar-refractivity contribution is -0.136. The first-order chi connectivity index (χ1) is 14.3. The van der Waals surface area contributed by atoms with E-state index in [1.807, 2.05) is 24.3 Å². The number of amides is 2. The van der Waals surface area contributed by atoms with Crippen molar-refractivity contribution < 1.29 is 22.7 Å². The molecular formula is C22H30N2O5S. The maximum atomic E-state index is 12.3. The standard InChI is InChI=1S/C22H30N2O5S/c1-16(19-7-5-8-20(14-19)29-15-17-9-10-17)24-30(27,28)13-4-2-3-6-18-11-12-21(25)23-22(18)26/h4-5,7-8,13-14,16-18,24H,2-3,6,9-12,15H2,1H3,(H,23,25,26)/b13-4+/t16-,18?/m1/s1. The number of hydrogen-bond acceptors (Lipinski definition) is 5. The van der Waals surface area contributed by atoms with E-state index in [4.69, 9.17) is 4.74 Å². The Bertz CT molecular complexity index is 893. The van der Waals surface area contributed by atoms with Crippen molar-refractivity contribution in [3.8, 4) is 5.75 Å². The minimum atomic E-state index is -3.58. The van der Waals surface area contributed by atoms with Crippen molar-refractivity contribution in [3.63, 3.8) is 0 Å². The number of allylic oxidation sites excluding steroid dienone is 1. The fourth-order valence-electron chi connectivity index (χ4n) is 3.42. The fourth-order valence-corrected chi connectivity index (χ4v) is 4.51. The van der Waals surface area contributed by atoms with Crippen molar-refractivity contribution in [2.45, 2.75) is 57.9 Å². The highest BCUT2D eigenvalue weighted by molar-refractivity contribution is 7.92. The van der Waals surface area contributed by atoms with Gasteiger partial charge in [-0.05, 0) is 69.1 Å². The lowest BCUT2D eigenvalue weighted by atomic mass is 9.93. The molecule has 2 N–H and O–H groups in total. The van der Waals surface area contributed by atoms with Crippen LogP contribution in [0.3, 0.4) is 0 Å². The minimum absolute atomic E-state index is 0.166. The molecule has 1 aromatic carbocycles. The number of carbonyl (C=O) groups excluding carboxylic acids is 2. The van der Waals surface area contributed by atoms with Crippen LogP contribution >= 0.6 is 0 Å². The van der Waals surface area contributed by atoms with Crippen LogP contribution in [0.1, 0.15) is 63.5 Å². The van der Waals surface area contributed by atoms with E-state index in [1.54, 1.807) is 13.0 Å². The molecule has 2 amide bonds. The van der Waals surface area contributed by atoms with Crippen LogP contribution < -0.4 is 14.8 Å². The van der Waals surface area contributed by atoms with Crippen LogP contribution in [0, 0.1) is 11.8 Å². The van der Waals surface area contributed by atoms with Gasteiger partial charge in [0.1, 0.15) is 5.75 Å². The summed E-state index contributed by atoms with van der Waals surface area (Å²) in [6.07, 6.45) is 6.86. The van der Waals surface area contributed by atoms with Crippen LogP contribution in [0.25, 0.3) is 0 Å². The SMILES string of the molecule is C[C@@H](NS(=O)(=O)/C=C/CCCC1CCC(=O)NC1=O)c1cccc(OCC2CC2)c1. The third kappa shape index (κ3) is 7.25. The van der Waals surface area contributed by atoms with Crippen molar-refractivity contribution in [1.29, 1.82) is 0 Å². The molecule has 0 aromatic heterocycles. The lowest BCUT2D eigenvalue weighted by Gasteiger charge is -2.20. The first-order valence-corrected chi connectivity index (χ1v) is 12.1. The van der Waals surface area contributed by atoms with E-state index in [9.17, 15) is 18.0 Å². The lowest BCUT2D eigenvalue weighted by Crippen LogP contribution is -2.40. The normalized spacial score (nSPS) is 20.9. The summed E-state index contributed by atoms with van der Waals surface area (Å²) in [5, 5.41) is 3.52. The zero-order valence-electron chi connectivity index (χ0n) is 17.3. The number of benzene rings is 1. The van der Waals surface area contributed by atoms with Crippen molar-refractivity contribution in [3.05, 3.63) is 41.3 Å². The summed E-state index contributed by atoms with van der Waals surface area (Å²) in [5.74, 6) is 0.809. The molecule has 0 bridgehead atoms. The Kier molecular flexibility index (Phi) is 7.66. The van der Waals surface area contributed by atoms with E-state index in [0.717, 1.165) is 11.3 Å². The molecule has 1 unspecified atom stereocenters. The third-order valence-corrected chi connectivity index (χ3v) is 6.67. The monoisotopic (exact) mass is 434 g/mol. The summed E-state index contributed by atoms with van der Waals surface area (Å²) in [4.78, 5) is 22.9.